The lowest BCUT2D eigenvalue weighted by Crippen LogP contribution is -2.46. The van der Waals surface area contributed by atoms with Crippen molar-refractivity contribution < 1.29 is 9.90 Å². The normalized spacial score (nSPS) is 12.1. The third-order valence-corrected chi connectivity index (χ3v) is 4.84. The Morgan fingerprint density at radius 3 is 2.33 bits per heavy atom. The number of tetrazole rings is 1. The average molecular weight is 428 g/mol. The van der Waals surface area contributed by atoms with E-state index >= 15 is 0 Å². The van der Waals surface area contributed by atoms with E-state index in [4.69, 9.17) is 11.6 Å². The Kier molecular flexibility index (Phi) is 5.97. The van der Waals surface area contributed by atoms with Gasteiger partial charge in [0.1, 0.15) is 0 Å². The molecule has 0 saturated heterocycles. The number of aliphatic hydroxyl groups is 1. The van der Waals surface area contributed by atoms with Crippen LogP contribution in [0.15, 0.2) is 42.5 Å². The summed E-state index contributed by atoms with van der Waals surface area (Å²) in [6.45, 7) is 9.41. The van der Waals surface area contributed by atoms with Crippen molar-refractivity contribution in [3.05, 3.63) is 58.9 Å². The fraction of sp³-hybridized carbons (Fsp3) is 0.364. The van der Waals surface area contributed by atoms with Gasteiger partial charge >= 0.3 is 0 Å². The number of rotatable bonds is 5. The molecule has 0 atom stereocenters. The summed E-state index contributed by atoms with van der Waals surface area (Å²) in [7, 11) is 0. The Labute approximate surface area is 181 Å². The molecule has 1 aromatic heterocycles. The van der Waals surface area contributed by atoms with E-state index in [9.17, 15) is 9.90 Å². The molecule has 3 rings (SSSR count). The second-order valence-corrected chi connectivity index (χ2v) is 9.37. The summed E-state index contributed by atoms with van der Waals surface area (Å²) < 4.78 is 1.65. The zero-order valence-electron chi connectivity index (χ0n) is 17.8. The number of hydrogen-bond donors (Lipinski definition) is 2. The maximum Gasteiger partial charge on any atom is 0.251 e. The molecule has 1 amide bonds. The molecule has 2 N–H and O–H groups in total. The minimum absolute atomic E-state index is 0.177. The molecular weight excluding hydrogens is 402 g/mol. The molecule has 8 heteroatoms. The predicted octanol–water partition coefficient (Wildman–Crippen LogP) is 3.78. The van der Waals surface area contributed by atoms with Crippen LogP contribution in [0.3, 0.4) is 0 Å². The van der Waals surface area contributed by atoms with E-state index in [0.29, 0.717) is 22.1 Å². The summed E-state index contributed by atoms with van der Waals surface area (Å²) in [6.07, 6.45) is 0. The zero-order chi connectivity index (χ0) is 22.1. The highest BCUT2D eigenvalue weighted by Crippen LogP contribution is 2.28. The molecule has 158 valence electrons. The molecule has 0 spiro atoms. The van der Waals surface area contributed by atoms with E-state index in [2.05, 4.69) is 20.8 Å². The topological polar surface area (TPSA) is 92.9 Å². The van der Waals surface area contributed by atoms with Crippen molar-refractivity contribution in [3.63, 3.8) is 0 Å². The van der Waals surface area contributed by atoms with E-state index < -0.39 is 5.54 Å². The van der Waals surface area contributed by atoms with Crippen molar-refractivity contribution in [3.8, 4) is 16.8 Å². The van der Waals surface area contributed by atoms with Crippen molar-refractivity contribution in [2.75, 3.05) is 6.61 Å². The number of benzene rings is 2. The first-order valence-corrected chi connectivity index (χ1v) is 10.0. The van der Waals surface area contributed by atoms with Crippen molar-refractivity contribution in [1.29, 1.82) is 0 Å². The van der Waals surface area contributed by atoms with Crippen LogP contribution in [0.1, 0.15) is 50.8 Å². The molecule has 0 bridgehead atoms. The highest BCUT2D eigenvalue weighted by Gasteiger charge is 2.25. The maximum absolute atomic E-state index is 13.0. The lowest BCUT2D eigenvalue weighted by atomic mass is 9.95. The van der Waals surface area contributed by atoms with Crippen LogP contribution in [0, 0.1) is 0 Å². The molecule has 0 aliphatic carbocycles. The maximum atomic E-state index is 13.0. The van der Waals surface area contributed by atoms with Crippen molar-refractivity contribution in [1.82, 2.24) is 25.5 Å². The Bertz CT molecular complexity index is 1050. The quantitative estimate of drug-likeness (QED) is 0.646. The van der Waals surface area contributed by atoms with Crippen molar-refractivity contribution >= 4 is 17.5 Å². The van der Waals surface area contributed by atoms with Gasteiger partial charge in [-0.05, 0) is 65.7 Å². The Morgan fingerprint density at radius 2 is 1.73 bits per heavy atom. The van der Waals surface area contributed by atoms with Gasteiger partial charge in [0.25, 0.3) is 5.91 Å². The van der Waals surface area contributed by atoms with Crippen LogP contribution in [0.2, 0.25) is 5.02 Å². The molecule has 2 aromatic carbocycles. The SMILES string of the molecule is CC(C)(CO)NC(=O)c1cc(-c2ccc(Cl)cc2)cc(-n2nnnc2C(C)(C)C)c1. The molecule has 1 heterocycles. The lowest BCUT2D eigenvalue weighted by molar-refractivity contribution is 0.0869. The largest absolute Gasteiger partial charge is 0.394 e. The van der Waals surface area contributed by atoms with Crippen LogP contribution in [0.4, 0.5) is 0 Å². The first kappa shape index (κ1) is 21.9. The minimum Gasteiger partial charge on any atom is -0.394 e. The minimum atomic E-state index is -0.751. The number of amides is 1. The van der Waals surface area contributed by atoms with Crippen LogP contribution in [0.25, 0.3) is 16.8 Å². The van der Waals surface area contributed by atoms with E-state index in [1.807, 2.05) is 39.0 Å². The standard InChI is InChI=1S/C22H26ClN5O2/c1-21(2,3)20-25-26-27-28(20)18-11-15(14-6-8-17(23)9-7-14)10-16(12-18)19(30)24-22(4,5)13-29/h6-12,29H,13H2,1-5H3,(H,24,30). The van der Waals surface area contributed by atoms with Gasteiger partial charge in [0.15, 0.2) is 5.82 Å². The summed E-state index contributed by atoms with van der Waals surface area (Å²) in [5, 5.41) is 25.2. The highest BCUT2D eigenvalue weighted by molar-refractivity contribution is 6.30. The molecule has 0 aliphatic heterocycles. The number of aromatic nitrogens is 4. The van der Waals surface area contributed by atoms with E-state index in [0.717, 1.165) is 11.1 Å². The van der Waals surface area contributed by atoms with Crippen molar-refractivity contribution in [2.24, 2.45) is 0 Å². The number of halogens is 1. The first-order chi connectivity index (χ1) is 14.0. The molecule has 0 unspecified atom stereocenters. The van der Waals surface area contributed by atoms with Gasteiger partial charge in [0.2, 0.25) is 0 Å². The number of aliphatic hydroxyl groups excluding tert-OH is 1. The van der Waals surface area contributed by atoms with Crippen LogP contribution in [0.5, 0.6) is 0 Å². The van der Waals surface area contributed by atoms with Gasteiger partial charge in [-0.2, -0.15) is 4.68 Å². The third-order valence-electron chi connectivity index (χ3n) is 4.59. The average Bonchev–Trinajstić information content (AvgIpc) is 3.18. The molecule has 0 saturated carbocycles. The van der Waals surface area contributed by atoms with Gasteiger partial charge in [-0.3, -0.25) is 4.79 Å². The number of hydrogen-bond acceptors (Lipinski definition) is 5. The summed E-state index contributed by atoms with van der Waals surface area (Å²) in [6, 6.07) is 12.9. The number of carbonyl (C=O) groups excluding carboxylic acids is 1. The molecule has 0 aliphatic rings. The number of carbonyl (C=O) groups is 1. The van der Waals surface area contributed by atoms with Gasteiger partial charge in [-0.1, -0.05) is 44.5 Å². The highest BCUT2D eigenvalue weighted by atomic mass is 35.5. The zero-order valence-corrected chi connectivity index (χ0v) is 18.5. The summed E-state index contributed by atoms with van der Waals surface area (Å²) in [5.41, 5.74) is 1.80. The molecule has 3 aromatic rings. The second-order valence-electron chi connectivity index (χ2n) is 8.94. The lowest BCUT2D eigenvalue weighted by Gasteiger charge is -2.24. The van der Waals surface area contributed by atoms with Gasteiger partial charge in [-0.25, -0.2) is 0 Å². The second kappa shape index (κ2) is 8.16. The summed E-state index contributed by atoms with van der Waals surface area (Å²) in [4.78, 5) is 13.0. The first-order valence-electron chi connectivity index (χ1n) is 9.64. The predicted molar refractivity (Wildman–Crippen MR) is 117 cm³/mol. The molecule has 30 heavy (non-hydrogen) atoms. The fourth-order valence-corrected chi connectivity index (χ4v) is 3.05. The van der Waals surface area contributed by atoms with E-state index in [1.54, 1.807) is 42.8 Å². The Balaban J connectivity index is 2.15. The van der Waals surface area contributed by atoms with Gasteiger partial charge in [0.05, 0.1) is 17.8 Å². The molecule has 7 nitrogen and oxygen atoms in total. The third kappa shape index (κ3) is 4.86. The summed E-state index contributed by atoms with van der Waals surface area (Å²) in [5.74, 6) is 0.384. The monoisotopic (exact) mass is 427 g/mol. The molecule has 0 radical (unpaired) electrons. The van der Waals surface area contributed by atoms with Crippen molar-refractivity contribution in [2.45, 2.75) is 45.6 Å². The van der Waals surface area contributed by atoms with Gasteiger partial charge < -0.3 is 10.4 Å². The smallest absolute Gasteiger partial charge is 0.251 e. The Morgan fingerprint density at radius 1 is 1.07 bits per heavy atom. The van der Waals surface area contributed by atoms with Crippen LogP contribution in [-0.4, -0.2) is 43.4 Å². The van der Waals surface area contributed by atoms with Gasteiger partial charge in [0, 0.05) is 16.0 Å². The van der Waals surface area contributed by atoms with Crippen LogP contribution >= 0.6 is 11.6 Å². The van der Waals surface area contributed by atoms with E-state index in [-0.39, 0.29) is 17.9 Å². The number of nitrogens with zero attached hydrogens (tertiary/aromatic N) is 4. The van der Waals surface area contributed by atoms with Gasteiger partial charge in [-0.15, -0.1) is 5.10 Å². The van der Waals surface area contributed by atoms with Crippen LogP contribution < -0.4 is 5.32 Å². The molecular formula is C22H26ClN5O2. The van der Waals surface area contributed by atoms with Crippen LogP contribution in [-0.2, 0) is 5.41 Å². The number of nitrogens with one attached hydrogen (secondary N) is 1. The van der Waals surface area contributed by atoms with E-state index in [1.165, 1.54) is 0 Å². The summed E-state index contributed by atoms with van der Waals surface area (Å²) >= 11 is 6.03. The fourth-order valence-electron chi connectivity index (χ4n) is 2.92. The molecule has 0 fully saturated rings. The Hall–Kier alpha value is -2.77.